The van der Waals surface area contributed by atoms with Crippen LogP contribution in [-0.2, 0) is 0 Å². The van der Waals surface area contributed by atoms with Crippen LogP contribution in [-0.4, -0.2) is 37.2 Å². The Kier molecular flexibility index (Phi) is 8.16. The van der Waals surface area contributed by atoms with Crippen LogP contribution in [0.1, 0.15) is 33.6 Å². The van der Waals surface area contributed by atoms with Crippen LogP contribution in [0, 0.1) is 5.41 Å². The normalized spacial score (nSPS) is 19.1. The molecule has 4 heteroatoms. The molecule has 16 heavy (non-hydrogen) atoms. The fraction of sp³-hybridized carbons (Fsp3) is 1.00. The van der Waals surface area contributed by atoms with E-state index in [1.807, 2.05) is 7.05 Å². The molecule has 98 valence electrons. The molecule has 0 aromatic carbocycles. The maximum atomic E-state index is 4.47. The fourth-order valence-electron chi connectivity index (χ4n) is 1.88. The van der Waals surface area contributed by atoms with Gasteiger partial charge in [-0.1, -0.05) is 13.8 Å². The Hall–Kier alpha value is 0.620. The van der Waals surface area contributed by atoms with Crippen molar-refractivity contribution in [2.75, 3.05) is 31.6 Å². The molecule has 2 nitrogen and oxygen atoms in total. The summed E-state index contributed by atoms with van der Waals surface area (Å²) in [6, 6.07) is 0. The summed E-state index contributed by atoms with van der Waals surface area (Å²) >= 11 is 8.92. The van der Waals surface area contributed by atoms with Crippen LogP contribution in [0.3, 0.4) is 0 Å². The second-order valence-corrected chi connectivity index (χ2v) is 5.88. The minimum absolute atomic E-state index is 0.149. The van der Waals surface area contributed by atoms with Crippen LogP contribution in [0.2, 0.25) is 0 Å². The molecule has 0 aromatic rings. The molecular formula is C12H28N2S2. The molecule has 0 rings (SSSR count). The smallest absolute Gasteiger partial charge is 0.0241 e. The Labute approximate surface area is 112 Å². The standard InChI is InChI=1S/C12H28N2S2/c1-5-14-12(3,10-16)7-6-11(2,9-15)8-13-4/h13-16H,5-10H2,1-4H3/t11-,12+/m1/s1. The van der Waals surface area contributed by atoms with Gasteiger partial charge in [-0.05, 0) is 44.5 Å². The number of nitrogens with one attached hydrogen (secondary N) is 2. The molecule has 0 aliphatic carbocycles. The van der Waals surface area contributed by atoms with E-state index in [1.54, 1.807) is 0 Å². The summed E-state index contributed by atoms with van der Waals surface area (Å²) in [4.78, 5) is 0. The third kappa shape index (κ3) is 5.80. The maximum Gasteiger partial charge on any atom is 0.0241 e. The average molecular weight is 265 g/mol. The van der Waals surface area contributed by atoms with Gasteiger partial charge in [0.15, 0.2) is 0 Å². The minimum Gasteiger partial charge on any atom is -0.319 e. The van der Waals surface area contributed by atoms with E-state index in [4.69, 9.17) is 0 Å². The zero-order chi connectivity index (χ0) is 12.7. The van der Waals surface area contributed by atoms with Crippen molar-refractivity contribution < 1.29 is 0 Å². The topological polar surface area (TPSA) is 24.1 Å². The summed E-state index contributed by atoms with van der Waals surface area (Å²) in [5.41, 5.74) is 0.424. The quantitative estimate of drug-likeness (QED) is 0.480. The lowest BCUT2D eigenvalue weighted by Gasteiger charge is -2.35. The van der Waals surface area contributed by atoms with Crippen molar-refractivity contribution in [2.24, 2.45) is 5.41 Å². The first kappa shape index (κ1) is 16.6. The summed E-state index contributed by atoms with van der Waals surface area (Å²) in [7, 11) is 2.00. The first-order valence-corrected chi connectivity index (χ1v) is 7.33. The molecule has 0 fully saturated rings. The van der Waals surface area contributed by atoms with Gasteiger partial charge >= 0.3 is 0 Å². The van der Waals surface area contributed by atoms with Crippen LogP contribution < -0.4 is 10.6 Å². The summed E-state index contributed by atoms with van der Waals surface area (Å²) in [5.74, 6) is 1.80. The van der Waals surface area contributed by atoms with Crippen molar-refractivity contribution in [2.45, 2.75) is 39.2 Å². The summed E-state index contributed by atoms with van der Waals surface area (Å²) in [5, 5.41) is 6.78. The molecule has 2 N–H and O–H groups in total. The Morgan fingerprint density at radius 1 is 1.06 bits per heavy atom. The minimum atomic E-state index is 0.149. The third-order valence-corrected chi connectivity index (χ3v) is 4.68. The molecule has 0 amide bonds. The number of rotatable bonds is 9. The fourth-order valence-corrected chi connectivity index (χ4v) is 2.42. The van der Waals surface area contributed by atoms with E-state index >= 15 is 0 Å². The molecule has 0 saturated heterocycles. The van der Waals surface area contributed by atoms with Crippen molar-refractivity contribution >= 4 is 25.3 Å². The van der Waals surface area contributed by atoms with Crippen LogP contribution >= 0.6 is 25.3 Å². The molecule has 0 radical (unpaired) electrons. The lowest BCUT2D eigenvalue weighted by atomic mass is 9.82. The zero-order valence-electron chi connectivity index (χ0n) is 11.1. The number of hydrogen-bond donors (Lipinski definition) is 4. The van der Waals surface area contributed by atoms with Crippen LogP contribution in [0.5, 0.6) is 0 Å². The van der Waals surface area contributed by atoms with Crippen LogP contribution in [0.25, 0.3) is 0 Å². The van der Waals surface area contributed by atoms with Gasteiger partial charge in [-0.25, -0.2) is 0 Å². The third-order valence-electron chi connectivity index (χ3n) is 3.22. The predicted molar refractivity (Wildman–Crippen MR) is 81.1 cm³/mol. The highest BCUT2D eigenvalue weighted by Crippen LogP contribution is 2.28. The second kappa shape index (κ2) is 7.85. The molecule has 2 atom stereocenters. The number of thiol groups is 2. The Morgan fingerprint density at radius 3 is 2.06 bits per heavy atom. The van der Waals surface area contributed by atoms with Crippen LogP contribution in [0.4, 0.5) is 0 Å². The Bertz CT molecular complexity index is 170. The molecule has 0 saturated carbocycles. The van der Waals surface area contributed by atoms with Crippen molar-refractivity contribution in [3.8, 4) is 0 Å². The van der Waals surface area contributed by atoms with Gasteiger partial charge in [0, 0.05) is 17.8 Å². The molecular weight excluding hydrogens is 236 g/mol. The van der Waals surface area contributed by atoms with Gasteiger partial charge < -0.3 is 10.6 Å². The highest BCUT2D eigenvalue weighted by Gasteiger charge is 2.28. The summed E-state index contributed by atoms with van der Waals surface area (Å²) < 4.78 is 0. The molecule has 0 spiro atoms. The predicted octanol–water partition coefficient (Wildman–Crippen LogP) is 2.22. The molecule has 0 bridgehead atoms. The molecule has 0 unspecified atom stereocenters. The van der Waals surface area contributed by atoms with E-state index in [9.17, 15) is 0 Å². The second-order valence-electron chi connectivity index (χ2n) is 5.25. The first-order valence-electron chi connectivity index (χ1n) is 6.06. The van der Waals surface area contributed by atoms with E-state index in [-0.39, 0.29) is 11.0 Å². The van der Waals surface area contributed by atoms with E-state index < -0.39 is 0 Å². The van der Waals surface area contributed by atoms with E-state index in [0.29, 0.717) is 0 Å². The molecule has 0 aliphatic rings. The Morgan fingerprint density at radius 2 is 1.69 bits per heavy atom. The van der Waals surface area contributed by atoms with E-state index in [2.05, 4.69) is 56.7 Å². The maximum absolute atomic E-state index is 4.47. The Balaban J connectivity index is 4.26. The van der Waals surface area contributed by atoms with E-state index in [1.165, 1.54) is 6.42 Å². The van der Waals surface area contributed by atoms with Crippen molar-refractivity contribution in [3.63, 3.8) is 0 Å². The molecule has 0 heterocycles. The van der Waals surface area contributed by atoms with Gasteiger partial charge in [-0.2, -0.15) is 25.3 Å². The van der Waals surface area contributed by atoms with Crippen molar-refractivity contribution in [1.29, 1.82) is 0 Å². The highest BCUT2D eigenvalue weighted by atomic mass is 32.1. The zero-order valence-corrected chi connectivity index (χ0v) is 12.9. The lowest BCUT2D eigenvalue weighted by Crippen LogP contribution is -2.45. The van der Waals surface area contributed by atoms with E-state index in [0.717, 1.165) is 31.0 Å². The first-order chi connectivity index (χ1) is 7.45. The van der Waals surface area contributed by atoms with Crippen molar-refractivity contribution in [3.05, 3.63) is 0 Å². The van der Waals surface area contributed by atoms with Crippen LogP contribution in [0.15, 0.2) is 0 Å². The molecule has 0 aromatic heterocycles. The largest absolute Gasteiger partial charge is 0.319 e. The van der Waals surface area contributed by atoms with Gasteiger partial charge in [0.1, 0.15) is 0 Å². The lowest BCUT2D eigenvalue weighted by molar-refractivity contribution is 0.267. The SMILES string of the molecule is CCN[C@](C)(CS)CC[C@@](C)(CS)CNC. The molecule has 0 aliphatic heterocycles. The monoisotopic (exact) mass is 264 g/mol. The van der Waals surface area contributed by atoms with Gasteiger partial charge in [-0.15, -0.1) is 0 Å². The number of hydrogen-bond acceptors (Lipinski definition) is 4. The summed E-state index contributed by atoms with van der Waals surface area (Å²) in [6.45, 7) is 8.71. The average Bonchev–Trinajstić information content (AvgIpc) is 2.27. The van der Waals surface area contributed by atoms with Gasteiger partial charge in [0.05, 0.1) is 0 Å². The van der Waals surface area contributed by atoms with Gasteiger partial charge in [-0.3, -0.25) is 0 Å². The summed E-state index contributed by atoms with van der Waals surface area (Å²) in [6.07, 6.45) is 2.31. The highest BCUT2D eigenvalue weighted by molar-refractivity contribution is 7.80. The van der Waals surface area contributed by atoms with Gasteiger partial charge in [0.25, 0.3) is 0 Å². The van der Waals surface area contributed by atoms with Gasteiger partial charge in [0.2, 0.25) is 0 Å². The van der Waals surface area contributed by atoms with Crippen molar-refractivity contribution in [1.82, 2.24) is 10.6 Å².